The van der Waals surface area contributed by atoms with Crippen molar-refractivity contribution < 1.29 is 82.5 Å². The van der Waals surface area contributed by atoms with E-state index >= 15 is 0 Å². The van der Waals surface area contributed by atoms with E-state index in [-0.39, 0.29) is 114 Å². The molecule has 3 aliphatic rings. The molecule has 440 valence electrons. The van der Waals surface area contributed by atoms with Crippen LogP contribution in [0.2, 0.25) is 0 Å². The third kappa shape index (κ3) is 14.4. The number of rotatable bonds is 24. The molecule has 29 heteroatoms. The van der Waals surface area contributed by atoms with E-state index in [1.54, 1.807) is 31.2 Å². The molecule has 27 nitrogen and oxygen atoms in total. The lowest BCUT2D eigenvalue weighted by molar-refractivity contribution is -0.249. The Morgan fingerprint density at radius 2 is 1.72 bits per heavy atom. The molecule has 5 aromatic rings. The van der Waals surface area contributed by atoms with Crippen LogP contribution in [-0.2, 0) is 51.1 Å². The molecule has 0 radical (unpaired) electrons. The third-order valence-electron chi connectivity index (χ3n) is 13.8. The molecule has 8 atom stereocenters. The van der Waals surface area contributed by atoms with Crippen LogP contribution in [0.15, 0.2) is 65.6 Å². The summed E-state index contributed by atoms with van der Waals surface area (Å²) in [5.41, 5.74) is 5.15. The largest absolute Gasteiger partial charge is 0.496 e. The van der Waals surface area contributed by atoms with E-state index in [9.17, 15) is 63.6 Å². The topological polar surface area (TPSA) is 409 Å². The molecule has 1 fully saturated rings. The second kappa shape index (κ2) is 26.9. The van der Waals surface area contributed by atoms with Crippen LogP contribution in [0.25, 0.3) is 11.2 Å². The number of H-pyrrole nitrogens is 1. The fraction of sp³-hybridized carbons (Fsp3) is 0.407. The van der Waals surface area contributed by atoms with Crippen LogP contribution in [0.4, 0.5) is 16.4 Å². The first kappa shape index (κ1) is 61.0. The zero-order chi connectivity index (χ0) is 59.7. The SMILES string of the molecule is CCOC(=O)[C@@H](CCC(=O)N[C@H](CSSCCOC(=O)N[C@@H]1C[C@H](O[C@H]2C[C@](O)(C(=O)CO)Cc3cc4c(cc32)C(=O)c2c(OC)cccc2C4=O)O[C@@H](C)[C@H]1O)C(=O)O)NC(=O)c1ccc(NCc2cnc3nc(N)[nH]c(=O)c3n2)cc1. The molecule has 0 unspecified atom stereocenters. The first-order valence-electron chi connectivity index (χ1n) is 26.0. The molecule has 0 bridgehead atoms. The number of alkyl carbamates (subject to hydrolysis) is 1. The summed E-state index contributed by atoms with van der Waals surface area (Å²) in [4.78, 5) is 132. The number of aliphatic carboxylic acids is 1. The van der Waals surface area contributed by atoms with Gasteiger partial charge in [-0.25, -0.2) is 24.4 Å². The number of carboxylic acid groups (broad SMARTS) is 1. The number of fused-ring (bicyclic) bond motifs is 4. The Kier molecular flexibility index (Phi) is 19.8. The number of methoxy groups -OCH3 is 1. The van der Waals surface area contributed by atoms with E-state index in [0.717, 1.165) is 21.6 Å². The first-order chi connectivity index (χ1) is 39.7. The summed E-state index contributed by atoms with van der Waals surface area (Å²) in [7, 11) is 3.59. The smallest absolute Gasteiger partial charge is 0.407 e. The monoisotopic (exact) mass is 1190 g/mol. The molecule has 3 amide bonds. The Labute approximate surface area is 479 Å². The quantitative estimate of drug-likeness (QED) is 0.0234. The standard InChI is InChI=1S/C54H59N9O18S2/c1-4-78-51(74)34(60-48(70)26-8-10-28(11-9-26)56-21-29-22-57-47-43(58-29)49(71)63-52(55)62-47)12-13-40(66)59-36(50(72)73)24-83-82-15-14-79-53(75)61-35-18-41(80-25(2)44(35)67)81-38-20-54(76,39(65)23-64)19-27-16-32-33(17-31(27)38)46(69)42-30(45(32)68)6-5-7-37(42)77-3/h5-11,16-17,22,25,34-36,38,41,44,56,64,67,76H,4,12-15,18-21,23-24H2,1-3H3,(H,59,66)(H,60,70)(H,61,75)(H,72,73)(H3,55,57,62,63,71)/t25-,34+,35+,36+,38-,41-,44+,54-/m0/s1. The Morgan fingerprint density at radius 1 is 0.964 bits per heavy atom. The Hall–Kier alpha value is -8.06. The molecule has 1 saturated heterocycles. The van der Waals surface area contributed by atoms with E-state index < -0.39 is 108 Å². The fourth-order valence-electron chi connectivity index (χ4n) is 9.62. The highest BCUT2D eigenvalue weighted by atomic mass is 33.1. The lowest BCUT2D eigenvalue weighted by atomic mass is 9.73. The molecule has 2 aliphatic carbocycles. The van der Waals surface area contributed by atoms with E-state index in [1.807, 2.05) is 0 Å². The molecule has 83 heavy (non-hydrogen) atoms. The molecule has 3 heterocycles. The Bertz CT molecular complexity index is 3390. The number of nitrogens with one attached hydrogen (secondary N) is 5. The average Bonchev–Trinajstić information content (AvgIpc) is 2.00. The molecule has 1 aliphatic heterocycles. The highest BCUT2D eigenvalue weighted by molar-refractivity contribution is 8.76. The predicted molar refractivity (Wildman–Crippen MR) is 296 cm³/mol. The van der Waals surface area contributed by atoms with Gasteiger partial charge in [0.25, 0.3) is 11.5 Å². The van der Waals surface area contributed by atoms with Gasteiger partial charge < -0.3 is 71.1 Å². The number of ether oxygens (including phenoxy) is 5. The van der Waals surface area contributed by atoms with Gasteiger partial charge >= 0.3 is 18.0 Å². The lowest BCUT2D eigenvalue weighted by Gasteiger charge is -2.42. The van der Waals surface area contributed by atoms with Gasteiger partial charge in [-0.15, -0.1) is 0 Å². The van der Waals surface area contributed by atoms with Crippen LogP contribution in [0.1, 0.15) is 105 Å². The van der Waals surface area contributed by atoms with Gasteiger partial charge in [0.15, 0.2) is 34.8 Å². The number of amides is 3. The third-order valence-corrected chi connectivity index (χ3v) is 16.2. The number of aliphatic hydroxyl groups excluding tert-OH is 2. The summed E-state index contributed by atoms with van der Waals surface area (Å²) in [5, 5.41) is 53.0. The number of hydrogen-bond donors (Lipinski definition) is 10. The van der Waals surface area contributed by atoms with Gasteiger partial charge in [0.05, 0.1) is 56.0 Å². The zero-order valence-electron chi connectivity index (χ0n) is 44.8. The number of ketones is 3. The van der Waals surface area contributed by atoms with Gasteiger partial charge in [-0.05, 0) is 73.9 Å². The fourth-order valence-corrected chi connectivity index (χ4v) is 11.6. The molecular formula is C54H59N9O18S2. The number of carboxylic acids is 1. The van der Waals surface area contributed by atoms with Crippen molar-refractivity contribution in [3.63, 3.8) is 0 Å². The molecule has 0 spiro atoms. The number of aromatic nitrogens is 4. The first-order valence-corrected chi connectivity index (χ1v) is 28.5. The minimum Gasteiger partial charge on any atom is -0.496 e. The second-order valence-corrected chi connectivity index (χ2v) is 22.1. The van der Waals surface area contributed by atoms with Crippen molar-refractivity contribution in [3.05, 3.63) is 116 Å². The van der Waals surface area contributed by atoms with E-state index in [4.69, 9.17) is 29.4 Å². The van der Waals surface area contributed by atoms with Crippen molar-refractivity contribution in [3.8, 4) is 5.75 Å². The van der Waals surface area contributed by atoms with E-state index in [1.165, 1.54) is 50.6 Å². The van der Waals surface area contributed by atoms with Gasteiger partial charge in [0, 0.05) is 65.1 Å². The zero-order valence-corrected chi connectivity index (χ0v) is 46.5. The molecule has 2 aromatic heterocycles. The number of nitrogen functional groups attached to an aromatic ring is 1. The normalized spacial score (nSPS) is 20.6. The summed E-state index contributed by atoms with van der Waals surface area (Å²) >= 11 is 0. The summed E-state index contributed by atoms with van der Waals surface area (Å²) in [6, 6.07) is 10.1. The van der Waals surface area contributed by atoms with Crippen molar-refractivity contribution in [2.24, 2.45) is 0 Å². The van der Waals surface area contributed by atoms with Crippen LogP contribution in [-0.4, -0.2) is 168 Å². The maximum Gasteiger partial charge on any atom is 0.407 e. The van der Waals surface area contributed by atoms with Crippen molar-refractivity contribution >= 4 is 91.6 Å². The number of carbonyl (C=O) groups is 8. The van der Waals surface area contributed by atoms with Crippen molar-refractivity contribution in [1.29, 1.82) is 0 Å². The number of Topliss-reactive ketones (excluding diaryl/α,β-unsaturated/α-hetero) is 1. The van der Waals surface area contributed by atoms with Crippen LogP contribution >= 0.6 is 21.6 Å². The van der Waals surface area contributed by atoms with Crippen LogP contribution in [0.3, 0.4) is 0 Å². The van der Waals surface area contributed by atoms with Gasteiger partial charge in [0.1, 0.15) is 42.8 Å². The number of nitrogens with two attached hydrogens (primary N) is 1. The summed E-state index contributed by atoms with van der Waals surface area (Å²) in [6.45, 7) is 2.09. The average molecular weight is 1190 g/mol. The molecule has 8 rings (SSSR count). The van der Waals surface area contributed by atoms with Crippen molar-refractivity contribution in [2.45, 2.75) is 101 Å². The molecule has 0 saturated carbocycles. The molecular weight excluding hydrogens is 1130 g/mol. The lowest BCUT2D eigenvalue weighted by Crippen LogP contribution is -2.56. The van der Waals surface area contributed by atoms with Crippen molar-refractivity contribution in [2.75, 3.05) is 49.5 Å². The van der Waals surface area contributed by atoms with Gasteiger partial charge in [-0.2, -0.15) is 4.98 Å². The van der Waals surface area contributed by atoms with Gasteiger partial charge in [-0.3, -0.25) is 33.8 Å². The van der Waals surface area contributed by atoms with Crippen LogP contribution < -0.4 is 37.3 Å². The number of aromatic amines is 1. The van der Waals surface area contributed by atoms with Gasteiger partial charge in [-0.1, -0.05) is 33.7 Å². The predicted octanol–water partition coefficient (Wildman–Crippen LogP) is 1.67. The maximum atomic E-state index is 13.9. The number of anilines is 2. The number of nitrogens with zero attached hydrogens (tertiary/aromatic N) is 3. The van der Waals surface area contributed by atoms with Crippen molar-refractivity contribution in [1.82, 2.24) is 35.9 Å². The van der Waals surface area contributed by atoms with Crippen LogP contribution in [0, 0.1) is 0 Å². The summed E-state index contributed by atoms with van der Waals surface area (Å²) < 4.78 is 28.2. The number of benzene rings is 3. The minimum absolute atomic E-state index is 0.0136. The second-order valence-electron chi connectivity index (χ2n) is 19.4. The molecule has 3 aromatic carbocycles. The maximum absolute atomic E-state index is 13.9. The number of hydrogen-bond acceptors (Lipinski definition) is 24. The van der Waals surface area contributed by atoms with Gasteiger partial charge in [0.2, 0.25) is 11.9 Å². The highest BCUT2D eigenvalue weighted by Crippen LogP contribution is 2.44. The summed E-state index contributed by atoms with van der Waals surface area (Å²) in [5.74, 6) is -5.22. The van der Waals surface area contributed by atoms with Crippen LogP contribution in [0.5, 0.6) is 5.75 Å². The Balaban J connectivity index is 0.783. The number of aliphatic hydroxyl groups is 3. The number of esters is 1. The molecule has 11 N–H and O–H groups in total. The van der Waals surface area contributed by atoms with E-state index in [2.05, 4.69) is 41.2 Å². The summed E-state index contributed by atoms with van der Waals surface area (Å²) in [6.07, 6.45) is -5.41. The Morgan fingerprint density at radius 3 is 2.45 bits per heavy atom. The number of carbonyl (C=O) groups excluding carboxylic acids is 7. The highest BCUT2D eigenvalue weighted by Gasteiger charge is 2.47. The van der Waals surface area contributed by atoms with E-state index in [0.29, 0.717) is 22.5 Å². The minimum atomic E-state index is -2.14.